The number of Topliss-reactive ketones (excluding diaryl/α,β-unsaturated/α-hetero) is 1. The van der Waals surface area contributed by atoms with E-state index >= 15 is 0 Å². The van der Waals surface area contributed by atoms with Gasteiger partial charge in [-0.1, -0.05) is 33.1 Å². The Labute approximate surface area is 85.8 Å². The lowest BCUT2D eigenvalue weighted by Gasteiger charge is -2.04. The number of ketones is 1. The fraction of sp³-hybridized carbons (Fsp3) is 0.818. The van der Waals surface area contributed by atoms with Gasteiger partial charge in [-0.3, -0.25) is 4.79 Å². The van der Waals surface area contributed by atoms with E-state index in [1.807, 2.05) is 0 Å². The van der Waals surface area contributed by atoms with Gasteiger partial charge in [-0.2, -0.15) is 0 Å². The zero-order valence-corrected chi connectivity index (χ0v) is 9.34. The Morgan fingerprint density at radius 3 is 2.29 bits per heavy atom. The van der Waals surface area contributed by atoms with Crippen LogP contribution < -0.4 is 0 Å². The lowest BCUT2D eigenvalue weighted by molar-refractivity contribution is -0.153. The minimum atomic E-state index is -0.714. The van der Waals surface area contributed by atoms with E-state index in [1.165, 1.54) is 13.3 Å². The van der Waals surface area contributed by atoms with Crippen molar-refractivity contribution < 1.29 is 14.3 Å². The van der Waals surface area contributed by atoms with Crippen molar-refractivity contribution in [1.82, 2.24) is 0 Å². The minimum absolute atomic E-state index is 0.372. The number of rotatable bonds is 7. The largest absolute Gasteiger partial charge is 0.460 e. The molecular formula is C11H20O3. The first-order valence-electron chi connectivity index (χ1n) is 5.21. The van der Waals surface area contributed by atoms with Crippen LogP contribution in [-0.2, 0) is 14.3 Å². The molecule has 3 heteroatoms. The van der Waals surface area contributed by atoms with Gasteiger partial charge in [0.25, 0.3) is 0 Å². The average molecular weight is 200 g/mol. The molecule has 0 N–H and O–H groups in total. The van der Waals surface area contributed by atoms with Gasteiger partial charge in [0.1, 0.15) is 0 Å². The molecule has 0 aliphatic carbocycles. The molecule has 0 atom stereocenters. The summed E-state index contributed by atoms with van der Waals surface area (Å²) in [5.41, 5.74) is 0. The van der Waals surface area contributed by atoms with Crippen LogP contribution in [0.1, 0.15) is 46.5 Å². The first kappa shape index (κ1) is 13.1. The summed E-state index contributed by atoms with van der Waals surface area (Å²) in [5, 5.41) is 0. The first-order chi connectivity index (χ1) is 6.54. The molecule has 0 aromatic rings. The van der Waals surface area contributed by atoms with Gasteiger partial charge in [0.15, 0.2) is 0 Å². The van der Waals surface area contributed by atoms with Crippen LogP contribution in [0.4, 0.5) is 0 Å². The summed E-state index contributed by atoms with van der Waals surface area (Å²) in [6, 6.07) is 0. The maximum atomic E-state index is 10.7. The number of esters is 1. The van der Waals surface area contributed by atoms with E-state index in [9.17, 15) is 9.59 Å². The molecular weight excluding hydrogens is 180 g/mol. The van der Waals surface area contributed by atoms with Crippen LogP contribution in [0.5, 0.6) is 0 Å². The molecule has 0 spiro atoms. The highest BCUT2D eigenvalue weighted by atomic mass is 16.5. The predicted molar refractivity (Wildman–Crippen MR) is 54.9 cm³/mol. The average Bonchev–Trinajstić information content (AvgIpc) is 2.09. The van der Waals surface area contributed by atoms with Crippen LogP contribution in [0.3, 0.4) is 0 Å². The predicted octanol–water partition coefficient (Wildman–Crippen LogP) is 2.33. The number of hydrogen-bond acceptors (Lipinski definition) is 3. The Morgan fingerprint density at radius 1 is 1.14 bits per heavy atom. The molecule has 0 bridgehead atoms. The highest BCUT2D eigenvalue weighted by Crippen LogP contribution is 2.07. The fourth-order valence-corrected chi connectivity index (χ4v) is 1.10. The van der Waals surface area contributed by atoms with Gasteiger partial charge in [-0.15, -0.1) is 0 Å². The Bertz CT molecular complexity index is 185. The molecule has 82 valence electrons. The number of carbonyl (C=O) groups excluding carboxylic acids is 2. The minimum Gasteiger partial charge on any atom is -0.460 e. The van der Waals surface area contributed by atoms with Gasteiger partial charge >= 0.3 is 5.97 Å². The molecule has 0 aromatic heterocycles. The van der Waals surface area contributed by atoms with Gasteiger partial charge in [-0.25, -0.2) is 4.79 Å². The van der Waals surface area contributed by atoms with Crippen molar-refractivity contribution in [2.75, 3.05) is 6.61 Å². The van der Waals surface area contributed by atoms with E-state index < -0.39 is 11.8 Å². The van der Waals surface area contributed by atoms with Gasteiger partial charge in [0.05, 0.1) is 6.61 Å². The van der Waals surface area contributed by atoms with E-state index in [4.69, 9.17) is 4.74 Å². The third-order valence-corrected chi connectivity index (χ3v) is 1.95. The molecule has 0 saturated heterocycles. The fourth-order valence-electron chi connectivity index (χ4n) is 1.10. The molecule has 0 aliphatic heterocycles. The summed E-state index contributed by atoms with van der Waals surface area (Å²) in [6.07, 6.45) is 4.28. The van der Waals surface area contributed by atoms with E-state index in [-0.39, 0.29) is 0 Å². The number of unbranched alkanes of at least 4 members (excludes halogenated alkanes) is 2. The highest BCUT2D eigenvalue weighted by Gasteiger charge is 2.07. The Balaban J connectivity index is 3.22. The smallest absolute Gasteiger partial charge is 0.374 e. The van der Waals surface area contributed by atoms with Crippen molar-refractivity contribution >= 4 is 11.8 Å². The van der Waals surface area contributed by atoms with Crippen LogP contribution >= 0.6 is 0 Å². The van der Waals surface area contributed by atoms with Crippen LogP contribution in [0, 0.1) is 5.92 Å². The topological polar surface area (TPSA) is 43.4 Å². The number of ether oxygens (including phenoxy) is 1. The standard InChI is InChI=1S/C11H20O3/c1-9(2)7-5-4-6-8-14-11(13)10(3)12/h9H,4-8H2,1-3H3. The molecule has 3 nitrogen and oxygen atoms in total. The summed E-state index contributed by atoms with van der Waals surface area (Å²) in [5.74, 6) is -0.504. The second-order valence-electron chi connectivity index (χ2n) is 3.94. The molecule has 0 aromatic carbocycles. The number of carbonyl (C=O) groups is 2. The van der Waals surface area contributed by atoms with Crippen LogP contribution in [0.2, 0.25) is 0 Å². The van der Waals surface area contributed by atoms with Gasteiger partial charge in [-0.05, 0) is 12.3 Å². The maximum absolute atomic E-state index is 10.7. The van der Waals surface area contributed by atoms with Crippen LogP contribution in [-0.4, -0.2) is 18.4 Å². The van der Waals surface area contributed by atoms with E-state index in [0.717, 1.165) is 25.2 Å². The van der Waals surface area contributed by atoms with Crippen LogP contribution in [0.15, 0.2) is 0 Å². The third kappa shape index (κ3) is 7.77. The summed E-state index contributed by atoms with van der Waals surface area (Å²) in [6.45, 7) is 5.98. The maximum Gasteiger partial charge on any atom is 0.374 e. The SMILES string of the molecule is CC(=O)C(=O)OCCCCCC(C)C. The summed E-state index contributed by atoms with van der Waals surface area (Å²) in [7, 11) is 0. The van der Waals surface area contributed by atoms with Crippen molar-refractivity contribution in [1.29, 1.82) is 0 Å². The summed E-state index contributed by atoms with van der Waals surface area (Å²) >= 11 is 0. The van der Waals surface area contributed by atoms with Crippen molar-refractivity contribution in [3.8, 4) is 0 Å². The van der Waals surface area contributed by atoms with Crippen molar-refractivity contribution in [3.05, 3.63) is 0 Å². The van der Waals surface area contributed by atoms with Gasteiger partial charge in [0, 0.05) is 6.92 Å². The van der Waals surface area contributed by atoms with Crippen LogP contribution in [0.25, 0.3) is 0 Å². The molecule has 0 amide bonds. The highest BCUT2D eigenvalue weighted by molar-refractivity contribution is 6.32. The Morgan fingerprint density at radius 2 is 1.79 bits per heavy atom. The van der Waals surface area contributed by atoms with Gasteiger partial charge < -0.3 is 4.74 Å². The number of hydrogen-bond donors (Lipinski definition) is 0. The Kier molecular flexibility index (Phi) is 7.07. The van der Waals surface area contributed by atoms with Crippen molar-refractivity contribution in [2.24, 2.45) is 5.92 Å². The molecule has 0 saturated carbocycles. The lowest BCUT2D eigenvalue weighted by Crippen LogP contribution is -2.14. The van der Waals surface area contributed by atoms with Crippen molar-refractivity contribution in [2.45, 2.75) is 46.5 Å². The summed E-state index contributed by atoms with van der Waals surface area (Å²) < 4.78 is 4.72. The quantitative estimate of drug-likeness (QED) is 0.360. The van der Waals surface area contributed by atoms with Gasteiger partial charge in [0.2, 0.25) is 5.78 Å². The summed E-state index contributed by atoms with van der Waals surface area (Å²) in [4.78, 5) is 21.2. The lowest BCUT2D eigenvalue weighted by atomic mass is 10.1. The molecule has 0 fully saturated rings. The monoisotopic (exact) mass is 200 g/mol. The third-order valence-electron chi connectivity index (χ3n) is 1.95. The van der Waals surface area contributed by atoms with E-state index in [2.05, 4.69) is 13.8 Å². The first-order valence-corrected chi connectivity index (χ1v) is 5.21. The second kappa shape index (κ2) is 7.54. The van der Waals surface area contributed by atoms with E-state index in [0.29, 0.717) is 6.61 Å². The van der Waals surface area contributed by atoms with Crippen molar-refractivity contribution in [3.63, 3.8) is 0 Å². The molecule has 14 heavy (non-hydrogen) atoms. The molecule has 0 unspecified atom stereocenters. The molecule has 0 radical (unpaired) electrons. The Hall–Kier alpha value is -0.860. The zero-order valence-electron chi connectivity index (χ0n) is 9.34. The zero-order chi connectivity index (χ0) is 11.0. The van der Waals surface area contributed by atoms with E-state index in [1.54, 1.807) is 0 Å². The second-order valence-corrected chi connectivity index (χ2v) is 3.94. The molecule has 0 rings (SSSR count). The normalized spacial score (nSPS) is 10.3. The molecule has 0 heterocycles. The molecule has 0 aliphatic rings.